The lowest BCUT2D eigenvalue weighted by Gasteiger charge is -2.47. The molecule has 296 valence electrons. The molecule has 15 heteroatoms. The minimum Gasteiger partial charge on any atom is -0.461 e. The van der Waals surface area contributed by atoms with E-state index in [9.17, 15) is 24.3 Å². The van der Waals surface area contributed by atoms with Gasteiger partial charge in [-0.1, -0.05) is 33.8 Å². The summed E-state index contributed by atoms with van der Waals surface area (Å²) in [7, 11) is 3.71. The van der Waals surface area contributed by atoms with E-state index in [1.165, 1.54) is 0 Å². The van der Waals surface area contributed by atoms with Gasteiger partial charge in [0.05, 0.1) is 18.4 Å². The molecule has 1 unspecified atom stereocenters. The Morgan fingerprint density at radius 3 is 2.36 bits per heavy atom. The van der Waals surface area contributed by atoms with Gasteiger partial charge >= 0.3 is 24.2 Å². The number of hydrogen-bond donors (Lipinski definition) is 1. The van der Waals surface area contributed by atoms with Crippen molar-refractivity contribution in [2.24, 2.45) is 23.7 Å². The minimum atomic E-state index is -1.48. The number of ether oxygens (including phenoxy) is 8. The molecule has 53 heavy (non-hydrogen) atoms. The first-order valence-electron chi connectivity index (χ1n) is 18.6. The Bertz CT molecular complexity index is 1480. The Morgan fingerprint density at radius 2 is 1.72 bits per heavy atom. The molecule has 0 aliphatic carbocycles. The number of nitrogens with zero attached hydrogens (tertiary/aromatic N) is 2. The molecule has 0 aromatic carbocycles. The van der Waals surface area contributed by atoms with E-state index in [1.807, 2.05) is 32.8 Å². The number of likely N-dealkylation sites (N-methyl/N-ethyl adjacent to an activating group) is 1. The fourth-order valence-corrected chi connectivity index (χ4v) is 8.88. The molecule has 0 spiro atoms. The summed E-state index contributed by atoms with van der Waals surface area (Å²) in [5.74, 6) is -4.40. The number of carbonyl (C=O) groups excluding carboxylic acids is 4. The van der Waals surface area contributed by atoms with Crippen LogP contribution < -0.4 is 0 Å². The zero-order chi connectivity index (χ0) is 39.0. The Hall–Kier alpha value is -3.53. The lowest BCUT2D eigenvalue weighted by atomic mass is 9.73. The number of carbonyl (C=O) groups is 4. The highest BCUT2D eigenvalue weighted by Gasteiger charge is 2.61. The Morgan fingerprint density at radius 1 is 1.02 bits per heavy atom. The number of esters is 2. The monoisotopic (exact) mass is 748 g/mol. The van der Waals surface area contributed by atoms with E-state index in [1.54, 1.807) is 66.1 Å². The van der Waals surface area contributed by atoms with E-state index in [0.717, 1.165) is 0 Å². The zero-order valence-electron chi connectivity index (χ0n) is 32.4. The van der Waals surface area contributed by atoms with Crippen LogP contribution >= 0.6 is 0 Å². The molecule has 0 saturated carbocycles. The van der Waals surface area contributed by atoms with Gasteiger partial charge in [-0.15, -0.1) is 0 Å². The van der Waals surface area contributed by atoms with Gasteiger partial charge in [0.2, 0.25) is 0 Å². The van der Waals surface area contributed by atoms with Gasteiger partial charge in [-0.25, -0.2) is 9.59 Å². The van der Waals surface area contributed by atoms with Crippen LogP contribution in [0.15, 0.2) is 24.5 Å². The van der Waals surface area contributed by atoms with E-state index in [2.05, 4.69) is 4.98 Å². The van der Waals surface area contributed by atoms with Gasteiger partial charge in [-0.2, -0.15) is 0 Å². The average molecular weight is 749 g/mol. The maximum absolute atomic E-state index is 14.2. The number of aliphatic hydroxyl groups excluding tert-OH is 1. The van der Waals surface area contributed by atoms with Crippen LogP contribution in [-0.2, 0) is 53.9 Å². The summed E-state index contributed by atoms with van der Waals surface area (Å²) >= 11 is 0. The fraction of sp³-hybridized carbons (Fsp3) is 0.763. The molecule has 0 amide bonds. The van der Waals surface area contributed by atoms with Crippen LogP contribution in [-0.4, -0.2) is 120 Å². The quantitative estimate of drug-likeness (QED) is 0.310. The Kier molecular flexibility index (Phi) is 12.3. The van der Waals surface area contributed by atoms with Crippen molar-refractivity contribution in [1.29, 1.82) is 0 Å². The predicted octanol–water partition coefficient (Wildman–Crippen LogP) is 4.21. The molecule has 15 atom stereocenters. The van der Waals surface area contributed by atoms with Gasteiger partial charge in [-0.05, 0) is 78.6 Å². The van der Waals surface area contributed by atoms with Crippen LogP contribution in [0, 0.1) is 23.7 Å². The number of cyclic esters (lactones) is 1. The molecule has 2 bridgehead atoms. The van der Waals surface area contributed by atoms with Crippen molar-refractivity contribution in [3.05, 3.63) is 30.1 Å². The van der Waals surface area contributed by atoms with E-state index in [4.69, 9.17) is 37.9 Å². The van der Waals surface area contributed by atoms with Gasteiger partial charge in [0.25, 0.3) is 0 Å². The second-order valence-corrected chi connectivity index (χ2v) is 16.0. The van der Waals surface area contributed by atoms with Crippen molar-refractivity contribution >= 4 is 24.2 Å². The number of hydrogen-bond acceptors (Lipinski definition) is 15. The molecule has 4 aliphatic heterocycles. The first-order chi connectivity index (χ1) is 24.9. The molecule has 15 nitrogen and oxygen atoms in total. The van der Waals surface area contributed by atoms with Crippen LogP contribution in [0.3, 0.4) is 0 Å². The summed E-state index contributed by atoms with van der Waals surface area (Å²) in [6, 6.07) is 3.11. The standard InChI is InChI=1S/C38H56N2O13/c1-11-26-38(8)32(51-36(45)53-38)21(4)29-19(2)17-37(7,52-35(44)49-29)31(50-34-28(42)25(40(9)10)15-20(3)46-34)22(5)30(23(6)33(43)47-26)48-27(41)16-24-13-12-14-39-18-24/h12-14,18-23,25-26,28-32,34,42H,11,15-17H2,1-10H3/t19-,20-,21+,22+,23-,25+,26-,28-,29?,30+,31-,32+,34+,37-,38-/m1/s1. The minimum absolute atomic E-state index is 0.141. The third-order valence-electron chi connectivity index (χ3n) is 11.6. The maximum atomic E-state index is 14.2. The molecule has 1 aromatic rings. The molecule has 1 N–H and O–H groups in total. The highest BCUT2D eigenvalue weighted by molar-refractivity contribution is 5.76. The highest BCUT2D eigenvalue weighted by atomic mass is 16.8. The molecule has 4 saturated heterocycles. The summed E-state index contributed by atoms with van der Waals surface area (Å²) in [5, 5.41) is 11.6. The van der Waals surface area contributed by atoms with Crippen molar-refractivity contribution in [2.75, 3.05) is 14.1 Å². The van der Waals surface area contributed by atoms with E-state index in [0.29, 0.717) is 12.0 Å². The average Bonchev–Trinajstić information content (AvgIpc) is 3.34. The first-order valence-corrected chi connectivity index (χ1v) is 18.6. The molecule has 5 rings (SSSR count). The largest absolute Gasteiger partial charge is 0.509 e. The molecule has 4 aliphatic rings. The fourth-order valence-electron chi connectivity index (χ4n) is 8.88. The summed E-state index contributed by atoms with van der Waals surface area (Å²) < 4.78 is 48.9. The number of aliphatic hydroxyl groups is 1. The first kappa shape index (κ1) is 40.7. The third-order valence-corrected chi connectivity index (χ3v) is 11.6. The molecule has 1 aromatic heterocycles. The molecule has 4 fully saturated rings. The van der Waals surface area contributed by atoms with E-state index >= 15 is 0 Å². The number of aromatic nitrogens is 1. The van der Waals surface area contributed by atoms with Crippen molar-refractivity contribution < 1.29 is 62.2 Å². The molecular formula is C38H56N2O13. The van der Waals surface area contributed by atoms with Gasteiger partial charge < -0.3 is 47.9 Å². The van der Waals surface area contributed by atoms with Crippen LogP contribution in [0.4, 0.5) is 9.59 Å². The van der Waals surface area contributed by atoms with Crippen molar-refractivity contribution in [3.63, 3.8) is 0 Å². The van der Waals surface area contributed by atoms with Crippen LogP contribution in [0.2, 0.25) is 0 Å². The Balaban J connectivity index is 1.63. The SMILES string of the molecule is CC[C@H]1OC(=O)[C@H](C)[C@@H](OC(=O)Cc2cccnc2)[C@H](C)[C@@H](O[C@@H]2O[C@H](C)C[C@H](N(C)C)[C@H]2O)[C@@]2(C)C[C@@H](C)C(OC(=O)O2)[C@H](C)[C@@H]2OC(=O)O[C@]12C. The molecular weight excluding hydrogens is 692 g/mol. The summed E-state index contributed by atoms with van der Waals surface area (Å²) in [6.45, 7) is 14.0. The van der Waals surface area contributed by atoms with E-state index < -0.39 is 102 Å². The summed E-state index contributed by atoms with van der Waals surface area (Å²) in [5.41, 5.74) is -2.34. The van der Waals surface area contributed by atoms with Gasteiger partial charge in [0, 0.05) is 30.3 Å². The highest BCUT2D eigenvalue weighted by Crippen LogP contribution is 2.46. The summed E-state index contributed by atoms with van der Waals surface area (Å²) in [4.78, 5) is 60.4. The van der Waals surface area contributed by atoms with Crippen LogP contribution in [0.1, 0.15) is 80.2 Å². The number of rotatable bonds is 7. The van der Waals surface area contributed by atoms with Gasteiger partial charge in [0.15, 0.2) is 18.0 Å². The number of fused-ring (bicyclic) bond motifs is 4. The second kappa shape index (κ2) is 16.1. The predicted molar refractivity (Wildman–Crippen MR) is 186 cm³/mol. The van der Waals surface area contributed by atoms with Crippen molar-refractivity contribution in [1.82, 2.24) is 9.88 Å². The van der Waals surface area contributed by atoms with Gasteiger partial charge in [-0.3, -0.25) is 14.6 Å². The number of pyridine rings is 1. The van der Waals surface area contributed by atoms with Crippen LogP contribution in [0.25, 0.3) is 0 Å². The topological polar surface area (TPSA) is 178 Å². The van der Waals surface area contributed by atoms with E-state index in [-0.39, 0.29) is 31.4 Å². The molecule has 5 heterocycles. The lowest BCUT2D eigenvalue weighted by molar-refractivity contribution is -0.298. The maximum Gasteiger partial charge on any atom is 0.509 e. The smallest absolute Gasteiger partial charge is 0.461 e. The zero-order valence-corrected chi connectivity index (χ0v) is 32.4. The normalized spacial score (nSPS) is 42.2. The molecule has 0 radical (unpaired) electrons. The lowest BCUT2D eigenvalue weighted by Crippen LogP contribution is -2.60. The second-order valence-electron chi connectivity index (χ2n) is 16.0. The van der Waals surface area contributed by atoms with Crippen molar-refractivity contribution in [2.45, 2.75) is 147 Å². The third kappa shape index (κ3) is 8.42. The van der Waals surface area contributed by atoms with Gasteiger partial charge in [0.1, 0.15) is 36.1 Å². The Labute approximate surface area is 311 Å². The van der Waals surface area contributed by atoms with Crippen LogP contribution in [0.5, 0.6) is 0 Å². The van der Waals surface area contributed by atoms with Crippen molar-refractivity contribution in [3.8, 4) is 0 Å². The summed E-state index contributed by atoms with van der Waals surface area (Å²) in [6.07, 6.45) is -5.73.